The van der Waals surface area contributed by atoms with E-state index in [0.717, 1.165) is 31.6 Å². The monoisotopic (exact) mass is 224 g/mol. The van der Waals surface area contributed by atoms with E-state index in [1.807, 2.05) is 4.68 Å². The topological polar surface area (TPSA) is 56.7 Å². The average molecular weight is 224 g/mol. The number of hydrogen-bond acceptors (Lipinski definition) is 3. The quantitative estimate of drug-likeness (QED) is 0.832. The molecule has 0 aromatic carbocycles. The first-order valence-electron chi connectivity index (χ1n) is 6.07. The van der Waals surface area contributed by atoms with Crippen LogP contribution >= 0.6 is 0 Å². The van der Waals surface area contributed by atoms with Crippen molar-refractivity contribution >= 4 is 0 Å². The second kappa shape index (κ2) is 5.43. The van der Waals surface area contributed by atoms with Crippen molar-refractivity contribution in [2.75, 3.05) is 0 Å². The predicted molar refractivity (Wildman–Crippen MR) is 66.1 cm³/mol. The van der Waals surface area contributed by atoms with Crippen molar-refractivity contribution in [1.82, 2.24) is 14.8 Å². The minimum atomic E-state index is 0.162. The molecule has 0 amide bonds. The van der Waals surface area contributed by atoms with Crippen LogP contribution in [0.25, 0.3) is 0 Å². The van der Waals surface area contributed by atoms with Gasteiger partial charge in [-0.1, -0.05) is 27.7 Å². The summed E-state index contributed by atoms with van der Waals surface area (Å²) in [6.45, 7) is 9.61. The molecule has 92 valence electrons. The Bertz CT molecular complexity index is 311. The number of aryl methyl sites for hydroxylation is 2. The molecule has 0 aliphatic heterocycles. The van der Waals surface area contributed by atoms with Gasteiger partial charge in [0.1, 0.15) is 12.2 Å². The van der Waals surface area contributed by atoms with Crippen LogP contribution in [0, 0.1) is 5.41 Å². The Balaban J connectivity index is 2.51. The first kappa shape index (κ1) is 13.2. The van der Waals surface area contributed by atoms with Crippen LogP contribution in [-0.2, 0) is 13.0 Å². The van der Waals surface area contributed by atoms with Crippen molar-refractivity contribution in [2.24, 2.45) is 11.1 Å². The number of hydrogen-bond donors (Lipinski definition) is 1. The molecular weight excluding hydrogens is 200 g/mol. The zero-order valence-corrected chi connectivity index (χ0v) is 10.9. The molecule has 2 N–H and O–H groups in total. The van der Waals surface area contributed by atoms with Crippen LogP contribution in [-0.4, -0.2) is 20.8 Å². The van der Waals surface area contributed by atoms with Crippen molar-refractivity contribution in [2.45, 2.75) is 59.5 Å². The van der Waals surface area contributed by atoms with Gasteiger partial charge in [-0.25, -0.2) is 4.98 Å². The van der Waals surface area contributed by atoms with E-state index in [4.69, 9.17) is 5.73 Å². The van der Waals surface area contributed by atoms with Gasteiger partial charge < -0.3 is 5.73 Å². The summed E-state index contributed by atoms with van der Waals surface area (Å²) in [5, 5.41) is 4.21. The lowest BCUT2D eigenvalue weighted by Crippen LogP contribution is -2.35. The highest BCUT2D eigenvalue weighted by Crippen LogP contribution is 2.20. The van der Waals surface area contributed by atoms with E-state index < -0.39 is 0 Å². The van der Waals surface area contributed by atoms with E-state index in [1.54, 1.807) is 6.33 Å². The summed E-state index contributed by atoms with van der Waals surface area (Å²) in [6, 6.07) is 0.208. The molecule has 1 aromatic rings. The fourth-order valence-corrected chi connectivity index (χ4v) is 1.60. The molecular formula is C12H24N4. The van der Waals surface area contributed by atoms with E-state index in [2.05, 4.69) is 37.8 Å². The average Bonchev–Trinajstić information content (AvgIpc) is 2.61. The van der Waals surface area contributed by atoms with E-state index >= 15 is 0 Å². The van der Waals surface area contributed by atoms with Gasteiger partial charge in [0, 0.05) is 19.0 Å². The molecule has 0 fully saturated rings. The minimum absolute atomic E-state index is 0.162. The molecule has 0 saturated carbocycles. The summed E-state index contributed by atoms with van der Waals surface area (Å²) < 4.78 is 1.98. The van der Waals surface area contributed by atoms with Crippen molar-refractivity contribution < 1.29 is 0 Å². The van der Waals surface area contributed by atoms with Gasteiger partial charge >= 0.3 is 0 Å². The Morgan fingerprint density at radius 1 is 1.44 bits per heavy atom. The van der Waals surface area contributed by atoms with Crippen molar-refractivity contribution in [3.8, 4) is 0 Å². The third-order valence-corrected chi connectivity index (χ3v) is 2.92. The zero-order valence-electron chi connectivity index (χ0n) is 10.9. The highest BCUT2D eigenvalue weighted by Gasteiger charge is 2.20. The maximum atomic E-state index is 6.13. The molecule has 1 rings (SSSR count). The standard InChI is InChI=1S/C12H24N4/c1-5-8-16-11(14-9-15-16)7-6-10(13)12(2,3)4/h9-10H,5-8,13H2,1-4H3. The molecule has 0 saturated heterocycles. The molecule has 16 heavy (non-hydrogen) atoms. The Morgan fingerprint density at radius 2 is 2.12 bits per heavy atom. The van der Waals surface area contributed by atoms with Crippen LogP contribution in [0.1, 0.15) is 46.4 Å². The van der Waals surface area contributed by atoms with Gasteiger partial charge in [-0.2, -0.15) is 5.10 Å². The second-order valence-corrected chi connectivity index (χ2v) is 5.41. The molecule has 0 aliphatic carbocycles. The highest BCUT2D eigenvalue weighted by molar-refractivity contribution is 4.88. The van der Waals surface area contributed by atoms with E-state index in [-0.39, 0.29) is 11.5 Å². The van der Waals surface area contributed by atoms with E-state index in [1.165, 1.54) is 0 Å². The second-order valence-electron chi connectivity index (χ2n) is 5.41. The van der Waals surface area contributed by atoms with Gasteiger partial charge in [-0.05, 0) is 18.3 Å². The summed E-state index contributed by atoms with van der Waals surface area (Å²) in [7, 11) is 0. The maximum Gasteiger partial charge on any atom is 0.138 e. The summed E-state index contributed by atoms with van der Waals surface area (Å²) in [4.78, 5) is 4.29. The Kier molecular flexibility index (Phi) is 4.47. The molecule has 0 aliphatic rings. The lowest BCUT2D eigenvalue weighted by molar-refractivity contribution is 0.303. The lowest BCUT2D eigenvalue weighted by atomic mass is 9.85. The number of nitrogens with two attached hydrogens (primary N) is 1. The molecule has 4 nitrogen and oxygen atoms in total. The van der Waals surface area contributed by atoms with Crippen molar-refractivity contribution in [3.63, 3.8) is 0 Å². The Morgan fingerprint density at radius 3 is 2.69 bits per heavy atom. The van der Waals surface area contributed by atoms with Crippen LogP contribution in [0.3, 0.4) is 0 Å². The predicted octanol–water partition coefficient (Wildman–Crippen LogP) is 1.99. The SMILES string of the molecule is CCCn1ncnc1CCC(N)C(C)(C)C. The van der Waals surface area contributed by atoms with Crippen LogP contribution in [0.2, 0.25) is 0 Å². The Labute approximate surface area is 98.2 Å². The molecule has 0 radical (unpaired) electrons. The van der Waals surface area contributed by atoms with Crippen LogP contribution < -0.4 is 5.73 Å². The van der Waals surface area contributed by atoms with E-state index in [9.17, 15) is 0 Å². The molecule has 0 spiro atoms. The van der Waals surface area contributed by atoms with Gasteiger partial charge in [-0.15, -0.1) is 0 Å². The van der Waals surface area contributed by atoms with Gasteiger partial charge in [-0.3, -0.25) is 4.68 Å². The molecule has 4 heteroatoms. The van der Waals surface area contributed by atoms with Crippen molar-refractivity contribution in [3.05, 3.63) is 12.2 Å². The van der Waals surface area contributed by atoms with Gasteiger partial charge in [0.25, 0.3) is 0 Å². The summed E-state index contributed by atoms with van der Waals surface area (Å²) in [6.07, 6.45) is 4.60. The van der Waals surface area contributed by atoms with Crippen LogP contribution in [0.5, 0.6) is 0 Å². The molecule has 1 heterocycles. The smallest absolute Gasteiger partial charge is 0.138 e. The Hall–Kier alpha value is -0.900. The maximum absolute atomic E-state index is 6.13. The number of rotatable bonds is 5. The lowest BCUT2D eigenvalue weighted by Gasteiger charge is -2.26. The first-order valence-corrected chi connectivity index (χ1v) is 6.07. The number of nitrogens with zero attached hydrogens (tertiary/aromatic N) is 3. The largest absolute Gasteiger partial charge is 0.327 e. The zero-order chi connectivity index (χ0) is 12.2. The van der Waals surface area contributed by atoms with Crippen molar-refractivity contribution in [1.29, 1.82) is 0 Å². The third kappa shape index (κ3) is 3.59. The van der Waals surface area contributed by atoms with Gasteiger partial charge in [0.05, 0.1) is 0 Å². The summed E-state index contributed by atoms with van der Waals surface area (Å²) >= 11 is 0. The number of aromatic nitrogens is 3. The third-order valence-electron chi connectivity index (χ3n) is 2.92. The minimum Gasteiger partial charge on any atom is -0.327 e. The van der Waals surface area contributed by atoms with Crippen LogP contribution in [0.4, 0.5) is 0 Å². The molecule has 0 bridgehead atoms. The molecule has 1 atom stereocenters. The van der Waals surface area contributed by atoms with Gasteiger partial charge in [0.15, 0.2) is 0 Å². The highest BCUT2D eigenvalue weighted by atomic mass is 15.3. The summed E-state index contributed by atoms with van der Waals surface area (Å²) in [5.74, 6) is 1.06. The fraction of sp³-hybridized carbons (Fsp3) is 0.833. The van der Waals surface area contributed by atoms with E-state index in [0.29, 0.717) is 0 Å². The first-order chi connectivity index (χ1) is 7.45. The molecule has 1 unspecified atom stereocenters. The van der Waals surface area contributed by atoms with Crippen LogP contribution in [0.15, 0.2) is 6.33 Å². The van der Waals surface area contributed by atoms with Gasteiger partial charge in [0.2, 0.25) is 0 Å². The normalized spacial score (nSPS) is 14.1. The fourth-order valence-electron chi connectivity index (χ4n) is 1.60. The molecule has 1 aromatic heterocycles. The summed E-state index contributed by atoms with van der Waals surface area (Å²) in [5.41, 5.74) is 6.30.